The highest BCUT2D eigenvalue weighted by molar-refractivity contribution is 5.86. The number of nitrogens with two attached hydrogens (primary N) is 1. The summed E-state index contributed by atoms with van der Waals surface area (Å²) < 4.78 is 6.80. The fraction of sp³-hybridized carbons (Fsp3) is 0.700. The monoisotopic (exact) mass is 242 g/mol. The van der Waals surface area contributed by atoms with E-state index in [0.717, 1.165) is 6.42 Å². The van der Waals surface area contributed by atoms with E-state index in [2.05, 4.69) is 10.3 Å². The molecule has 0 aliphatic heterocycles. The number of ether oxygens (including phenoxy) is 1. The summed E-state index contributed by atoms with van der Waals surface area (Å²) in [5.74, 6) is -1.07. The average Bonchev–Trinajstić information content (AvgIpc) is 2.69. The van der Waals surface area contributed by atoms with Gasteiger partial charge < -0.3 is 15.6 Å². The lowest BCUT2D eigenvalue weighted by atomic mass is 10.2. The molecule has 7 heteroatoms. The fourth-order valence-electron chi connectivity index (χ4n) is 1.52. The van der Waals surface area contributed by atoms with Crippen LogP contribution in [0.25, 0.3) is 0 Å². The third kappa shape index (κ3) is 3.79. The maximum atomic E-state index is 10.9. The summed E-state index contributed by atoms with van der Waals surface area (Å²) in [5, 5.41) is 16.4. The Hall–Kier alpha value is -1.47. The first-order valence-electron chi connectivity index (χ1n) is 5.64. The largest absolute Gasteiger partial charge is 0.476 e. The first kappa shape index (κ1) is 13.6. The van der Waals surface area contributed by atoms with Crippen molar-refractivity contribution in [2.75, 3.05) is 19.8 Å². The van der Waals surface area contributed by atoms with Crippen molar-refractivity contribution in [1.29, 1.82) is 0 Å². The van der Waals surface area contributed by atoms with Crippen LogP contribution in [-0.2, 0) is 17.7 Å². The summed E-state index contributed by atoms with van der Waals surface area (Å²) in [6.45, 7) is 4.20. The molecular weight excluding hydrogens is 224 g/mol. The predicted octanol–water partition coefficient (Wildman–Crippen LogP) is -0.0959. The minimum absolute atomic E-state index is 0.00754. The second kappa shape index (κ2) is 6.97. The highest BCUT2D eigenvalue weighted by Crippen LogP contribution is 2.07. The third-order valence-electron chi connectivity index (χ3n) is 2.28. The standard InChI is InChI=1S/C10H18N4O3/c1-2-17-7-3-6-14-8(4-5-11)9(10(15)16)12-13-14/h2-7,11H2,1H3,(H,15,16). The van der Waals surface area contributed by atoms with E-state index in [0.29, 0.717) is 38.4 Å². The molecule has 0 atom stereocenters. The van der Waals surface area contributed by atoms with Gasteiger partial charge in [-0.05, 0) is 19.9 Å². The Labute approximate surface area is 99.6 Å². The summed E-state index contributed by atoms with van der Waals surface area (Å²) in [5.41, 5.74) is 6.02. The van der Waals surface area contributed by atoms with Crippen molar-refractivity contribution in [3.8, 4) is 0 Å². The maximum absolute atomic E-state index is 10.9. The van der Waals surface area contributed by atoms with E-state index < -0.39 is 5.97 Å². The zero-order valence-electron chi connectivity index (χ0n) is 9.93. The van der Waals surface area contributed by atoms with Crippen molar-refractivity contribution in [2.45, 2.75) is 26.3 Å². The molecule has 0 unspecified atom stereocenters. The number of carboxylic acids is 1. The molecule has 0 aromatic carbocycles. The quantitative estimate of drug-likeness (QED) is 0.617. The number of nitrogens with zero attached hydrogens (tertiary/aromatic N) is 3. The smallest absolute Gasteiger partial charge is 0.358 e. The van der Waals surface area contributed by atoms with Gasteiger partial charge in [-0.2, -0.15) is 0 Å². The Morgan fingerprint density at radius 2 is 2.35 bits per heavy atom. The molecule has 0 spiro atoms. The van der Waals surface area contributed by atoms with Gasteiger partial charge in [-0.1, -0.05) is 5.21 Å². The highest BCUT2D eigenvalue weighted by Gasteiger charge is 2.17. The van der Waals surface area contributed by atoms with Gasteiger partial charge in [0.1, 0.15) is 0 Å². The maximum Gasteiger partial charge on any atom is 0.358 e. The van der Waals surface area contributed by atoms with Gasteiger partial charge >= 0.3 is 5.97 Å². The molecule has 0 bridgehead atoms. The van der Waals surface area contributed by atoms with Crippen LogP contribution in [0, 0.1) is 0 Å². The number of hydrogen-bond acceptors (Lipinski definition) is 5. The third-order valence-corrected chi connectivity index (χ3v) is 2.28. The van der Waals surface area contributed by atoms with E-state index in [-0.39, 0.29) is 5.69 Å². The van der Waals surface area contributed by atoms with Crippen LogP contribution in [-0.4, -0.2) is 45.8 Å². The first-order valence-corrected chi connectivity index (χ1v) is 5.64. The summed E-state index contributed by atoms with van der Waals surface area (Å²) in [6, 6.07) is 0. The SMILES string of the molecule is CCOCCCn1nnc(C(=O)O)c1CCN. The average molecular weight is 242 g/mol. The minimum Gasteiger partial charge on any atom is -0.476 e. The molecule has 7 nitrogen and oxygen atoms in total. The molecule has 17 heavy (non-hydrogen) atoms. The fourth-order valence-corrected chi connectivity index (χ4v) is 1.52. The van der Waals surface area contributed by atoms with Crippen molar-refractivity contribution in [3.05, 3.63) is 11.4 Å². The molecule has 3 N–H and O–H groups in total. The summed E-state index contributed by atoms with van der Waals surface area (Å²) in [7, 11) is 0. The van der Waals surface area contributed by atoms with E-state index in [1.54, 1.807) is 4.68 Å². The van der Waals surface area contributed by atoms with Gasteiger partial charge in [0.25, 0.3) is 0 Å². The van der Waals surface area contributed by atoms with E-state index in [1.165, 1.54) is 0 Å². The van der Waals surface area contributed by atoms with Gasteiger partial charge in [-0.15, -0.1) is 5.10 Å². The Bertz CT molecular complexity index is 364. The molecular formula is C10H18N4O3. The second-order valence-electron chi connectivity index (χ2n) is 3.50. The van der Waals surface area contributed by atoms with E-state index in [1.807, 2.05) is 6.92 Å². The Kier molecular flexibility index (Phi) is 5.58. The van der Waals surface area contributed by atoms with Gasteiger partial charge in [0.2, 0.25) is 0 Å². The Balaban J connectivity index is 2.67. The summed E-state index contributed by atoms with van der Waals surface area (Å²) in [4.78, 5) is 10.9. The number of aromatic carboxylic acids is 1. The van der Waals surface area contributed by atoms with Crippen LogP contribution in [0.15, 0.2) is 0 Å². The molecule has 1 heterocycles. The zero-order chi connectivity index (χ0) is 12.7. The lowest BCUT2D eigenvalue weighted by molar-refractivity contribution is 0.0689. The number of aromatic nitrogens is 3. The van der Waals surface area contributed by atoms with Gasteiger partial charge in [0, 0.05) is 26.2 Å². The van der Waals surface area contributed by atoms with Crippen LogP contribution >= 0.6 is 0 Å². The van der Waals surface area contributed by atoms with Crippen molar-refractivity contribution < 1.29 is 14.6 Å². The van der Waals surface area contributed by atoms with E-state index >= 15 is 0 Å². The summed E-state index contributed by atoms with van der Waals surface area (Å²) in [6.07, 6.45) is 1.23. The second-order valence-corrected chi connectivity index (χ2v) is 3.50. The van der Waals surface area contributed by atoms with Gasteiger partial charge in [-0.25, -0.2) is 9.48 Å². The first-order chi connectivity index (χ1) is 8.20. The highest BCUT2D eigenvalue weighted by atomic mass is 16.5. The molecule has 0 aliphatic rings. The van der Waals surface area contributed by atoms with E-state index in [9.17, 15) is 4.79 Å². The van der Waals surface area contributed by atoms with Crippen LogP contribution in [0.5, 0.6) is 0 Å². The van der Waals surface area contributed by atoms with Gasteiger partial charge in [0.05, 0.1) is 5.69 Å². The molecule has 0 fully saturated rings. The lowest BCUT2D eigenvalue weighted by Gasteiger charge is -2.06. The van der Waals surface area contributed by atoms with Crippen molar-refractivity contribution in [2.24, 2.45) is 5.73 Å². The number of aryl methyl sites for hydroxylation is 1. The molecule has 0 amide bonds. The number of carbonyl (C=O) groups is 1. The molecule has 1 rings (SSSR count). The lowest BCUT2D eigenvalue weighted by Crippen LogP contribution is -2.14. The number of hydrogen-bond donors (Lipinski definition) is 2. The predicted molar refractivity (Wildman–Crippen MR) is 60.8 cm³/mol. The Morgan fingerprint density at radius 1 is 1.59 bits per heavy atom. The summed E-state index contributed by atoms with van der Waals surface area (Å²) >= 11 is 0. The van der Waals surface area contributed by atoms with Crippen molar-refractivity contribution >= 4 is 5.97 Å². The van der Waals surface area contributed by atoms with Crippen LogP contribution in [0.3, 0.4) is 0 Å². The zero-order valence-corrected chi connectivity index (χ0v) is 9.93. The Morgan fingerprint density at radius 3 is 2.94 bits per heavy atom. The van der Waals surface area contributed by atoms with Crippen LogP contribution in [0.2, 0.25) is 0 Å². The van der Waals surface area contributed by atoms with Crippen molar-refractivity contribution in [1.82, 2.24) is 15.0 Å². The normalized spacial score (nSPS) is 10.7. The van der Waals surface area contributed by atoms with Crippen LogP contribution < -0.4 is 5.73 Å². The molecule has 0 saturated heterocycles. The molecule has 0 aliphatic carbocycles. The van der Waals surface area contributed by atoms with Crippen LogP contribution in [0.4, 0.5) is 0 Å². The van der Waals surface area contributed by atoms with E-state index in [4.69, 9.17) is 15.6 Å². The molecule has 96 valence electrons. The molecule has 0 saturated carbocycles. The molecule has 1 aromatic rings. The van der Waals surface area contributed by atoms with Crippen LogP contribution in [0.1, 0.15) is 29.5 Å². The topological polar surface area (TPSA) is 103 Å². The number of carboxylic acid groups (broad SMARTS) is 1. The minimum atomic E-state index is -1.07. The van der Waals surface area contributed by atoms with Crippen molar-refractivity contribution in [3.63, 3.8) is 0 Å². The number of rotatable bonds is 8. The van der Waals surface area contributed by atoms with Gasteiger partial charge in [0.15, 0.2) is 5.69 Å². The molecule has 0 radical (unpaired) electrons. The van der Waals surface area contributed by atoms with Gasteiger partial charge in [-0.3, -0.25) is 0 Å². The molecule has 1 aromatic heterocycles.